The maximum atomic E-state index is 3.63. The third-order valence-electron chi connectivity index (χ3n) is 3.90. The molecule has 2 unspecified atom stereocenters. The largest absolute Gasteiger partial charge is 0.312 e. The van der Waals surface area contributed by atoms with Crippen molar-refractivity contribution in [3.05, 3.63) is 20.3 Å². The number of hydrogen-bond donors (Lipinski definition) is 1. The van der Waals surface area contributed by atoms with Gasteiger partial charge in [-0.1, -0.05) is 26.2 Å². The van der Waals surface area contributed by atoms with Crippen LogP contribution in [0.15, 0.2) is 10.5 Å². The summed E-state index contributed by atoms with van der Waals surface area (Å²) in [6.45, 7) is 6.80. The van der Waals surface area contributed by atoms with Crippen LogP contribution >= 0.6 is 27.3 Å². The number of thiophene rings is 1. The van der Waals surface area contributed by atoms with Crippen LogP contribution in [0.4, 0.5) is 0 Å². The van der Waals surface area contributed by atoms with E-state index in [1.54, 1.807) is 0 Å². The first-order valence-electron chi connectivity index (χ1n) is 6.62. The van der Waals surface area contributed by atoms with E-state index in [0.29, 0.717) is 0 Å². The predicted octanol–water partition coefficient (Wildman–Crippen LogP) is 4.73. The van der Waals surface area contributed by atoms with Gasteiger partial charge in [0.15, 0.2) is 0 Å². The summed E-state index contributed by atoms with van der Waals surface area (Å²) in [5.41, 5.74) is 0. The number of hydrogen-bond acceptors (Lipinski definition) is 2. The molecule has 3 heteroatoms. The van der Waals surface area contributed by atoms with Gasteiger partial charge in [0.05, 0.1) is 0 Å². The van der Waals surface area contributed by atoms with Crippen molar-refractivity contribution in [2.24, 2.45) is 11.8 Å². The number of rotatable bonds is 4. The predicted molar refractivity (Wildman–Crippen MR) is 79.6 cm³/mol. The van der Waals surface area contributed by atoms with E-state index in [4.69, 9.17) is 0 Å². The molecule has 1 aliphatic rings. The molecule has 1 N–H and O–H groups in total. The van der Waals surface area contributed by atoms with Gasteiger partial charge in [0.25, 0.3) is 0 Å². The maximum Gasteiger partial charge on any atom is 0.0314 e. The fourth-order valence-electron chi connectivity index (χ4n) is 2.68. The van der Waals surface area contributed by atoms with Crippen LogP contribution in [0.1, 0.15) is 42.4 Å². The van der Waals surface area contributed by atoms with Crippen molar-refractivity contribution in [3.63, 3.8) is 0 Å². The smallest absolute Gasteiger partial charge is 0.0314 e. The molecule has 0 spiro atoms. The highest BCUT2D eigenvalue weighted by Gasteiger charge is 2.20. The van der Waals surface area contributed by atoms with Crippen molar-refractivity contribution in [1.82, 2.24) is 5.32 Å². The highest BCUT2D eigenvalue weighted by molar-refractivity contribution is 9.10. The van der Waals surface area contributed by atoms with Gasteiger partial charge >= 0.3 is 0 Å². The molecule has 0 radical (unpaired) electrons. The number of aryl methyl sites for hydroxylation is 1. The third kappa shape index (κ3) is 3.80. The Morgan fingerprint density at radius 3 is 2.82 bits per heavy atom. The molecule has 1 heterocycles. The second-order valence-corrected chi connectivity index (χ2v) is 7.46. The zero-order chi connectivity index (χ0) is 12.3. The van der Waals surface area contributed by atoms with E-state index < -0.39 is 0 Å². The van der Waals surface area contributed by atoms with E-state index in [2.05, 4.69) is 41.2 Å². The monoisotopic (exact) mass is 315 g/mol. The topological polar surface area (TPSA) is 12.0 Å². The molecule has 1 fully saturated rings. The highest BCUT2D eigenvalue weighted by Crippen LogP contribution is 2.29. The van der Waals surface area contributed by atoms with Gasteiger partial charge in [0.1, 0.15) is 0 Å². The van der Waals surface area contributed by atoms with E-state index in [-0.39, 0.29) is 0 Å². The molecular weight excluding hydrogens is 294 g/mol. The van der Waals surface area contributed by atoms with Crippen LogP contribution in [0.2, 0.25) is 0 Å². The lowest BCUT2D eigenvalue weighted by Gasteiger charge is -2.28. The van der Waals surface area contributed by atoms with E-state index in [9.17, 15) is 0 Å². The van der Waals surface area contributed by atoms with Gasteiger partial charge in [-0.25, -0.2) is 0 Å². The zero-order valence-electron chi connectivity index (χ0n) is 10.8. The van der Waals surface area contributed by atoms with E-state index in [0.717, 1.165) is 18.4 Å². The summed E-state index contributed by atoms with van der Waals surface area (Å²) in [6, 6.07) is 2.25. The van der Waals surface area contributed by atoms with Crippen molar-refractivity contribution in [3.8, 4) is 0 Å². The van der Waals surface area contributed by atoms with Crippen LogP contribution in [0.3, 0.4) is 0 Å². The van der Waals surface area contributed by atoms with Gasteiger partial charge in [-0.05, 0) is 53.7 Å². The summed E-state index contributed by atoms with van der Waals surface area (Å²) in [6.07, 6.45) is 5.71. The van der Waals surface area contributed by atoms with Crippen LogP contribution in [0.5, 0.6) is 0 Å². The van der Waals surface area contributed by atoms with Gasteiger partial charge in [-0.3, -0.25) is 0 Å². The summed E-state index contributed by atoms with van der Waals surface area (Å²) >= 11 is 5.47. The molecule has 0 aromatic carbocycles. The van der Waals surface area contributed by atoms with Gasteiger partial charge in [0.2, 0.25) is 0 Å². The Bertz CT molecular complexity index is 342. The second-order valence-electron chi connectivity index (χ2n) is 5.27. The van der Waals surface area contributed by atoms with Crippen LogP contribution in [0, 0.1) is 18.8 Å². The molecule has 1 nitrogen and oxygen atoms in total. The summed E-state index contributed by atoms with van der Waals surface area (Å²) in [5, 5.41) is 3.63. The summed E-state index contributed by atoms with van der Waals surface area (Å²) in [4.78, 5) is 2.82. The zero-order valence-corrected chi connectivity index (χ0v) is 13.2. The summed E-state index contributed by atoms with van der Waals surface area (Å²) in [7, 11) is 0. The summed E-state index contributed by atoms with van der Waals surface area (Å²) in [5.74, 6) is 1.81. The first kappa shape index (κ1) is 13.6. The molecule has 1 aliphatic carbocycles. The first-order valence-corrected chi connectivity index (χ1v) is 8.23. The molecule has 0 bridgehead atoms. The minimum absolute atomic E-state index is 0.897. The molecule has 2 atom stereocenters. The first-order chi connectivity index (χ1) is 8.16. The standard InChI is InChI=1S/C14H22BrNS/c1-10-5-3-4-6-12(10)8-16-9-13-7-14(15)11(2)17-13/h7,10,12,16H,3-6,8-9H2,1-2H3. The molecular formula is C14H22BrNS. The molecule has 1 saturated carbocycles. The van der Waals surface area contributed by atoms with Crippen molar-refractivity contribution >= 4 is 27.3 Å². The molecule has 0 saturated heterocycles. The van der Waals surface area contributed by atoms with E-state index in [1.165, 1.54) is 46.5 Å². The molecule has 0 aliphatic heterocycles. The number of halogens is 1. The Morgan fingerprint density at radius 2 is 2.18 bits per heavy atom. The summed E-state index contributed by atoms with van der Waals surface area (Å²) < 4.78 is 1.25. The van der Waals surface area contributed by atoms with Gasteiger partial charge in [-0.2, -0.15) is 0 Å². The van der Waals surface area contributed by atoms with Crippen molar-refractivity contribution in [1.29, 1.82) is 0 Å². The van der Waals surface area contributed by atoms with Crippen LogP contribution in [-0.2, 0) is 6.54 Å². The highest BCUT2D eigenvalue weighted by atomic mass is 79.9. The van der Waals surface area contributed by atoms with E-state index in [1.807, 2.05) is 11.3 Å². The molecule has 0 amide bonds. The van der Waals surface area contributed by atoms with Gasteiger partial charge in [-0.15, -0.1) is 11.3 Å². The van der Waals surface area contributed by atoms with E-state index >= 15 is 0 Å². The SMILES string of the molecule is Cc1sc(CNCC2CCCCC2C)cc1Br. The molecule has 96 valence electrons. The lowest BCUT2D eigenvalue weighted by molar-refractivity contribution is 0.248. The van der Waals surface area contributed by atoms with Crippen LogP contribution in [0.25, 0.3) is 0 Å². The second kappa shape index (κ2) is 6.35. The molecule has 1 aromatic rings. The van der Waals surface area contributed by atoms with Crippen molar-refractivity contribution in [2.45, 2.75) is 46.1 Å². The Kier molecular flexibility index (Phi) is 5.07. The average Bonchev–Trinajstić information content (AvgIpc) is 2.61. The van der Waals surface area contributed by atoms with Crippen molar-refractivity contribution in [2.75, 3.05) is 6.54 Å². The minimum atomic E-state index is 0.897. The molecule has 1 aromatic heterocycles. The van der Waals surface area contributed by atoms with Crippen LogP contribution in [-0.4, -0.2) is 6.54 Å². The fourth-order valence-corrected chi connectivity index (χ4v) is 4.25. The lowest BCUT2D eigenvalue weighted by atomic mass is 9.80. The Balaban J connectivity index is 1.75. The lowest BCUT2D eigenvalue weighted by Crippen LogP contribution is -2.28. The molecule has 2 rings (SSSR count). The Labute approximate surface area is 117 Å². The Morgan fingerprint density at radius 1 is 1.41 bits per heavy atom. The van der Waals surface area contributed by atoms with Crippen LogP contribution < -0.4 is 5.32 Å². The maximum absolute atomic E-state index is 3.63. The minimum Gasteiger partial charge on any atom is -0.312 e. The van der Waals surface area contributed by atoms with Gasteiger partial charge < -0.3 is 5.32 Å². The Hall–Kier alpha value is 0.140. The fraction of sp³-hybridized carbons (Fsp3) is 0.714. The van der Waals surface area contributed by atoms with Gasteiger partial charge in [0, 0.05) is 20.8 Å². The quantitative estimate of drug-likeness (QED) is 0.846. The molecule has 17 heavy (non-hydrogen) atoms. The average molecular weight is 316 g/mol. The van der Waals surface area contributed by atoms with Crippen molar-refractivity contribution < 1.29 is 0 Å². The number of nitrogens with one attached hydrogen (secondary N) is 1. The third-order valence-corrected chi connectivity index (χ3v) is 6.04. The normalized spacial score (nSPS) is 25.1.